The third-order valence-corrected chi connectivity index (χ3v) is 3.87. The van der Waals surface area contributed by atoms with Crippen molar-refractivity contribution in [1.29, 1.82) is 0 Å². The van der Waals surface area contributed by atoms with Crippen molar-refractivity contribution < 1.29 is 19.1 Å². The Labute approximate surface area is 133 Å². The summed E-state index contributed by atoms with van der Waals surface area (Å²) in [7, 11) is 0. The van der Waals surface area contributed by atoms with Gasteiger partial charge in [0.05, 0.1) is 17.0 Å². The monoisotopic (exact) mass is 369 g/mol. The summed E-state index contributed by atoms with van der Waals surface area (Å²) in [4.78, 5) is 22.9. The van der Waals surface area contributed by atoms with E-state index in [-0.39, 0.29) is 17.2 Å². The summed E-state index contributed by atoms with van der Waals surface area (Å²) < 4.78 is 5.91. The molecule has 5 nitrogen and oxygen atoms in total. The van der Waals surface area contributed by atoms with Gasteiger partial charge >= 0.3 is 5.97 Å². The first kappa shape index (κ1) is 15.7. The molecule has 0 spiro atoms. The summed E-state index contributed by atoms with van der Waals surface area (Å²) in [6.45, 7) is 0. The zero-order chi connectivity index (χ0) is 15.4. The van der Waals surface area contributed by atoms with E-state index in [1.54, 1.807) is 23.9 Å². The lowest BCUT2D eigenvalue weighted by Crippen LogP contribution is -2.11. The average molecular weight is 370 g/mol. The first-order valence-corrected chi connectivity index (χ1v) is 8.12. The molecule has 2 N–H and O–H groups in total. The molecular weight excluding hydrogens is 358 g/mol. The molecular formula is C14H12BrNO4S. The van der Waals surface area contributed by atoms with Crippen LogP contribution in [-0.2, 0) is 5.75 Å². The Bertz CT molecular complexity index is 683. The van der Waals surface area contributed by atoms with Crippen LogP contribution in [0.2, 0.25) is 0 Å². The van der Waals surface area contributed by atoms with Crippen molar-refractivity contribution in [3.8, 4) is 0 Å². The molecule has 0 unspecified atom stereocenters. The second-order valence-electron chi connectivity index (χ2n) is 4.15. The second-order valence-corrected chi connectivity index (χ2v) is 5.87. The number of carbonyl (C=O) groups excluding carboxylic acids is 1. The zero-order valence-corrected chi connectivity index (χ0v) is 13.5. The van der Waals surface area contributed by atoms with Gasteiger partial charge < -0.3 is 14.8 Å². The van der Waals surface area contributed by atoms with Crippen LogP contribution in [0.15, 0.2) is 39.2 Å². The van der Waals surface area contributed by atoms with E-state index in [4.69, 9.17) is 9.52 Å². The highest BCUT2D eigenvalue weighted by Gasteiger charge is 2.14. The maximum Gasteiger partial charge on any atom is 0.335 e. The molecule has 7 heteroatoms. The molecule has 0 bridgehead atoms. The van der Waals surface area contributed by atoms with Crippen molar-refractivity contribution in [1.82, 2.24) is 0 Å². The van der Waals surface area contributed by atoms with Gasteiger partial charge in [0.15, 0.2) is 5.76 Å². The molecule has 0 atom stereocenters. The fourth-order valence-electron chi connectivity index (χ4n) is 1.65. The molecule has 2 rings (SSSR count). The third-order valence-electron chi connectivity index (χ3n) is 2.64. The molecule has 0 saturated heterocycles. The quantitative estimate of drug-likeness (QED) is 0.836. The second kappa shape index (κ2) is 6.82. The molecule has 1 heterocycles. The minimum atomic E-state index is -1.03. The Morgan fingerprint density at radius 2 is 2.10 bits per heavy atom. The summed E-state index contributed by atoms with van der Waals surface area (Å²) in [5.41, 5.74) is 0.618. The number of nitrogens with one attached hydrogen (secondary N) is 1. The number of thioether (sulfide) groups is 1. The molecule has 0 radical (unpaired) electrons. The Kier molecular flexibility index (Phi) is 5.08. The van der Waals surface area contributed by atoms with Gasteiger partial charge in [-0.2, -0.15) is 11.8 Å². The van der Waals surface area contributed by atoms with E-state index in [2.05, 4.69) is 21.2 Å². The van der Waals surface area contributed by atoms with Crippen LogP contribution in [0, 0.1) is 0 Å². The van der Waals surface area contributed by atoms with Crippen LogP contribution < -0.4 is 5.32 Å². The smallest absolute Gasteiger partial charge is 0.335 e. The number of hydrogen-bond donors (Lipinski definition) is 2. The SMILES string of the molecule is CSCc1ccc(C(=O)Nc2ccc(C(=O)O)cc2Br)o1. The number of rotatable bonds is 5. The molecule has 2 aromatic rings. The van der Waals surface area contributed by atoms with E-state index in [9.17, 15) is 9.59 Å². The van der Waals surface area contributed by atoms with Gasteiger partial charge in [0.25, 0.3) is 5.91 Å². The Hall–Kier alpha value is -1.73. The molecule has 1 aromatic carbocycles. The highest BCUT2D eigenvalue weighted by molar-refractivity contribution is 9.10. The zero-order valence-electron chi connectivity index (χ0n) is 11.1. The van der Waals surface area contributed by atoms with E-state index >= 15 is 0 Å². The van der Waals surface area contributed by atoms with Gasteiger partial charge in [-0.25, -0.2) is 4.79 Å². The maximum absolute atomic E-state index is 12.1. The number of amides is 1. The predicted molar refractivity (Wildman–Crippen MR) is 85.0 cm³/mol. The summed E-state index contributed by atoms with van der Waals surface area (Å²) in [6, 6.07) is 7.74. The minimum absolute atomic E-state index is 0.139. The number of carboxylic acid groups (broad SMARTS) is 1. The van der Waals surface area contributed by atoms with E-state index in [0.717, 1.165) is 5.76 Å². The fraction of sp³-hybridized carbons (Fsp3) is 0.143. The van der Waals surface area contributed by atoms with Crippen molar-refractivity contribution in [3.05, 3.63) is 51.9 Å². The number of carboxylic acids is 1. The maximum atomic E-state index is 12.1. The van der Waals surface area contributed by atoms with E-state index < -0.39 is 5.97 Å². The number of hydrogen-bond acceptors (Lipinski definition) is 4. The van der Waals surface area contributed by atoms with Crippen LogP contribution in [0.3, 0.4) is 0 Å². The first-order chi connectivity index (χ1) is 10.0. The van der Waals surface area contributed by atoms with Crippen molar-refractivity contribution in [2.24, 2.45) is 0 Å². The van der Waals surface area contributed by atoms with Crippen molar-refractivity contribution in [2.45, 2.75) is 5.75 Å². The normalized spacial score (nSPS) is 10.4. The van der Waals surface area contributed by atoms with Gasteiger partial charge in [-0.1, -0.05) is 0 Å². The van der Waals surface area contributed by atoms with Crippen LogP contribution in [0.1, 0.15) is 26.7 Å². The number of aromatic carboxylic acids is 1. The van der Waals surface area contributed by atoms with Crippen LogP contribution in [0.4, 0.5) is 5.69 Å². The van der Waals surface area contributed by atoms with Gasteiger partial charge in [-0.3, -0.25) is 4.79 Å². The van der Waals surface area contributed by atoms with Gasteiger partial charge in [0, 0.05) is 4.47 Å². The van der Waals surface area contributed by atoms with E-state index in [1.165, 1.54) is 18.2 Å². The molecule has 0 aliphatic carbocycles. The van der Waals surface area contributed by atoms with Gasteiger partial charge in [0.1, 0.15) is 5.76 Å². The number of benzene rings is 1. The standard InChI is InChI=1S/C14H12BrNO4S/c1-21-7-9-3-5-12(20-9)13(17)16-11-4-2-8(14(18)19)6-10(11)15/h2-6H,7H2,1H3,(H,16,17)(H,18,19). The number of halogens is 1. The molecule has 1 amide bonds. The lowest BCUT2D eigenvalue weighted by molar-refractivity contribution is 0.0696. The third kappa shape index (κ3) is 3.89. The van der Waals surface area contributed by atoms with Gasteiger partial charge in [0.2, 0.25) is 0 Å². The number of anilines is 1. The lowest BCUT2D eigenvalue weighted by Gasteiger charge is -2.06. The molecule has 0 saturated carbocycles. The highest BCUT2D eigenvalue weighted by atomic mass is 79.9. The summed E-state index contributed by atoms with van der Waals surface area (Å²) >= 11 is 4.84. The summed E-state index contributed by atoms with van der Waals surface area (Å²) in [5, 5.41) is 11.6. The molecule has 0 fully saturated rings. The van der Waals surface area contributed by atoms with Crippen LogP contribution in [0.5, 0.6) is 0 Å². The Morgan fingerprint density at radius 3 is 2.71 bits per heavy atom. The fourth-order valence-corrected chi connectivity index (χ4v) is 2.57. The van der Waals surface area contributed by atoms with E-state index in [0.29, 0.717) is 15.9 Å². The molecule has 21 heavy (non-hydrogen) atoms. The highest BCUT2D eigenvalue weighted by Crippen LogP contribution is 2.24. The number of carbonyl (C=O) groups is 2. The largest absolute Gasteiger partial charge is 0.478 e. The minimum Gasteiger partial charge on any atom is -0.478 e. The average Bonchev–Trinajstić information content (AvgIpc) is 2.90. The van der Waals surface area contributed by atoms with Crippen molar-refractivity contribution in [2.75, 3.05) is 11.6 Å². The van der Waals surface area contributed by atoms with Crippen LogP contribution >= 0.6 is 27.7 Å². The number of furan rings is 1. The summed E-state index contributed by atoms with van der Waals surface area (Å²) in [6.07, 6.45) is 1.95. The first-order valence-electron chi connectivity index (χ1n) is 5.93. The molecule has 0 aliphatic heterocycles. The molecule has 1 aromatic heterocycles. The van der Waals surface area contributed by atoms with Gasteiger partial charge in [-0.05, 0) is 52.5 Å². The van der Waals surface area contributed by atoms with Crippen molar-refractivity contribution in [3.63, 3.8) is 0 Å². The summed E-state index contributed by atoms with van der Waals surface area (Å²) in [5.74, 6) is 0.234. The van der Waals surface area contributed by atoms with Crippen LogP contribution in [0.25, 0.3) is 0 Å². The molecule has 110 valence electrons. The van der Waals surface area contributed by atoms with E-state index in [1.807, 2.05) is 6.26 Å². The van der Waals surface area contributed by atoms with Crippen molar-refractivity contribution >= 4 is 45.3 Å². The Balaban J connectivity index is 2.13. The Morgan fingerprint density at radius 1 is 1.33 bits per heavy atom. The molecule has 0 aliphatic rings. The topological polar surface area (TPSA) is 79.5 Å². The van der Waals surface area contributed by atoms with Crippen LogP contribution in [-0.4, -0.2) is 23.2 Å². The lowest BCUT2D eigenvalue weighted by atomic mass is 10.2. The predicted octanol–water partition coefficient (Wildman–Crippen LogP) is 3.86. The van der Waals surface area contributed by atoms with Gasteiger partial charge in [-0.15, -0.1) is 0 Å².